The molecule has 0 radical (unpaired) electrons. The van der Waals surface area contributed by atoms with Crippen LogP contribution in [-0.4, -0.2) is 30.6 Å². The summed E-state index contributed by atoms with van der Waals surface area (Å²) in [4.78, 5) is 28.4. The molecule has 1 aromatic carbocycles. The number of hydrogen-bond acceptors (Lipinski definition) is 5. The number of ether oxygens (including phenoxy) is 2. The van der Waals surface area contributed by atoms with Crippen molar-refractivity contribution in [1.29, 1.82) is 0 Å². The van der Waals surface area contributed by atoms with Crippen molar-refractivity contribution < 1.29 is 19.1 Å². The minimum absolute atomic E-state index is 0.314. The topological polar surface area (TPSA) is 65.5 Å². The molecule has 5 heteroatoms. The molecular formula is C22H23NO4. The highest BCUT2D eigenvalue weighted by Gasteiger charge is 2.30. The van der Waals surface area contributed by atoms with Crippen LogP contribution in [0.2, 0.25) is 0 Å². The Morgan fingerprint density at radius 1 is 1.15 bits per heavy atom. The molecule has 1 fully saturated rings. The molecule has 0 spiro atoms. The molecule has 0 aliphatic heterocycles. The third kappa shape index (κ3) is 5.03. The maximum absolute atomic E-state index is 12.2. The fraction of sp³-hybridized carbons (Fsp3) is 0.318. The summed E-state index contributed by atoms with van der Waals surface area (Å²) < 4.78 is 10.2. The number of allylic oxidation sites excluding steroid dienone is 1. The Hall–Kier alpha value is -2.95. The van der Waals surface area contributed by atoms with Crippen LogP contribution in [0.5, 0.6) is 0 Å². The molecule has 5 nitrogen and oxygen atoms in total. The van der Waals surface area contributed by atoms with Crippen molar-refractivity contribution in [2.24, 2.45) is 0 Å². The first-order valence-electron chi connectivity index (χ1n) is 9.16. The molecule has 0 amide bonds. The zero-order chi connectivity index (χ0) is 19.1. The lowest BCUT2D eigenvalue weighted by atomic mass is 10.0. The summed E-state index contributed by atoms with van der Waals surface area (Å²) >= 11 is 0. The molecule has 1 aromatic heterocycles. The fourth-order valence-corrected chi connectivity index (χ4v) is 2.90. The second-order valence-corrected chi connectivity index (χ2v) is 6.47. The van der Waals surface area contributed by atoms with E-state index in [-0.39, 0.29) is 11.9 Å². The second kappa shape index (κ2) is 9.12. The van der Waals surface area contributed by atoms with Crippen LogP contribution in [0.1, 0.15) is 63.6 Å². The number of pyridine rings is 1. The maximum atomic E-state index is 12.2. The molecule has 0 saturated heterocycles. The van der Waals surface area contributed by atoms with Gasteiger partial charge in [-0.05, 0) is 61.4 Å². The van der Waals surface area contributed by atoms with Gasteiger partial charge in [0, 0.05) is 6.20 Å². The van der Waals surface area contributed by atoms with E-state index in [0.29, 0.717) is 35.8 Å². The van der Waals surface area contributed by atoms with Crippen molar-refractivity contribution >= 4 is 18.0 Å². The van der Waals surface area contributed by atoms with Gasteiger partial charge >= 0.3 is 11.9 Å². The first-order valence-corrected chi connectivity index (χ1v) is 9.16. The number of benzene rings is 1. The van der Waals surface area contributed by atoms with Crippen LogP contribution in [0.4, 0.5) is 0 Å². The molecule has 1 aliphatic rings. The van der Waals surface area contributed by atoms with Gasteiger partial charge in [0.05, 0.1) is 30.5 Å². The average Bonchev–Trinajstić information content (AvgIpc) is 3.55. The summed E-state index contributed by atoms with van der Waals surface area (Å²) in [5.41, 5.74) is 2.77. The van der Waals surface area contributed by atoms with Crippen LogP contribution >= 0.6 is 0 Å². The SMILES string of the molecule is COC(=O)c1c(C2CC2)ccnc1C=CCCCOC(=O)c1ccccc1. The van der Waals surface area contributed by atoms with Crippen LogP contribution in [-0.2, 0) is 9.47 Å². The van der Waals surface area contributed by atoms with E-state index in [1.165, 1.54) is 7.11 Å². The smallest absolute Gasteiger partial charge is 0.340 e. The number of hydrogen-bond donors (Lipinski definition) is 0. The maximum Gasteiger partial charge on any atom is 0.340 e. The molecule has 0 atom stereocenters. The Balaban J connectivity index is 1.53. The van der Waals surface area contributed by atoms with Gasteiger partial charge in [-0.1, -0.05) is 24.3 Å². The second-order valence-electron chi connectivity index (χ2n) is 6.47. The number of nitrogens with zero attached hydrogens (tertiary/aromatic N) is 1. The van der Waals surface area contributed by atoms with E-state index in [1.807, 2.05) is 24.3 Å². The van der Waals surface area contributed by atoms with Gasteiger partial charge in [-0.3, -0.25) is 4.98 Å². The quantitative estimate of drug-likeness (QED) is 0.512. The number of methoxy groups -OCH3 is 1. The number of carbonyl (C=O) groups is 2. The summed E-state index contributed by atoms with van der Waals surface area (Å²) in [6.07, 6.45) is 9.15. The van der Waals surface area contributed by atoms with Crippen LogP contribution in [0.25, 0.3) is 6.08 Å². The van der Waals surface area contributed by atoms with Crippen molar-refractivity contribution in [3.05, 3.63) is 71.1 Å². The third-order valence-corrected chi connectivity index (χ3v) is 4.45. The highest BCUT2D eigenvalue weighted by molar-refractivity contribution is 5.94. The predicted octanol–water partition coefficient (Wildman–Crippen LogP) is 4.40. The molecule has 2 aromatic rings. The lowest BCUT2D eigenvalue weighted by molar-refractivity contribution is 0.0500. The number of aromatic nitrogens is 1. The minimum Gasteiger partial charge on any atom is -0.465 e. The lowest BCUT2D eigenvalue weighted by Gasteiger charge is -2.09. The highest BCUT2D eigenvalue weighted by Crippen LogP contribution is 2.42. The van der Waals surface area contributed by atoms with Crippen molar-refractivity contribution in [1.82, 2.24) is 4.98 Å². The molecule has 1 saturated carbocycles. The largest absolute Gasteiger partial charge is 0.465 e. The molecule has 1 heterocycles. The Morgan fingerprint density at radius 2 is 1.93 bits per heavy atom. The lowest BCUT2D eigenvalue weighted by Crippen LogP contribution is -2.09. The van der Waals surface area contributed by atoms with E-state index < -0.39 is 0 Å². The van der Waals surface area contributed by atoms with Crippen LogP contribution in [0, 0.1) is 0 Å². The average molecular weight is 365 g/mol. The zero-order valence-electron chi connectivity index (χ0n) is 15.4. The van der Waals surface area contributed by atoms with E-state index in [9.17, 15) is 9.59 Å². The van der Waals surface area contributed by atoms with Gasteiger partial charge in [-0.2, -0.15) is 0 Å². The van der Waals surface area contributed by atoms with Crippen LogP contribution in [0.15, 0.2) is 48.7 Å². The number of rotatable bonds is 8. The van der Waals surface area contributed by atoms with Crippen molar-refractivity contribution in [3.8, 4) is 0 Å². The van der Waals surface area contributed by atoms with E-state index in [1.54, 1.807) is 30.5 Å². The molecule has 0 unspecified atom stereocenters. The molecule has 0 bridgehead atoms. The number of esters is 2. The number of carbonyl (C=O) groups excluding carboxylic acids is 2. The Kier molecular flexibility index (Phi) is 6.36. The first kappa shape index (κ1) is 18.8. The van der Waals surface area contributed by atoms with Gasteiger partial charge in [0.2, 0.25) is 0 Å². The van der Waals surface area contributed by atoms with Crippen molar-refractivity contribution in [3.63, 3.8) is 0 Å². The van der Waals surface area contributed by atoms with Gasteiger partial charge < -0.3 is 9.47 Å². The molecule has 0 N–H and O–H groups in total. The van der Waals surface area contributed by atoms with Gasteiger partial charge in [0.1, 0.15) is 0 Å². The summed E-state index contributed by atoms with van der Waals surface area (Å²) in [7, 11) is 1.39. The standard InChI is InChI=1S/C22H23NO4/c1-26-22(25)20-18(16-11-12-16)13-14-23-19(20)10-6-3-7-15-27-21(24)17-8-4-2-5-9-17/h2,4-6,8-10,13-14,16H,3,7,11-12,15H2,1H3. The predicted molar refractivity (Wildman–Crippen MR) is 103 cm³/mol. The van der Waals surface area contributed by atoms with E-state index in [2.05, 4.69) is 4.98 Å². The summed E-state index contributed by atoms with van der Waals surface area (Å²) in [6.45, 7) is 0.345. The highest BCUT2D eigenvalue weighted by atomic mass is 16.5. The van der Waals surface area contributed by atoms with Crippen LogP contribution in [0.3, 0.4) is 0 Å². The monoisotopic (exact) mass is 365 g/mol. The molecule has 27 heavy (non-hydrogen) atoms. The summed E-state index contributed by atoms with van der Waals surface area (Å²) in [6, 6.07) is 10.8. The van der Waals surface area contributed by atoms with Crippen molar-refractivity contribution in [2.45, 2.75) is 31.6 Å². The van der Waals surface area contributed by atoms with E-state index in [0.717, 1.165) is 24.8 Å². The molecular weight excluding hydrogens is 342 g/mol. The number of unbranched alkanes of at least 4 members (excludes halogenated alkanes) is 1. The summed E-state index contributed by atoms with van der Waals surface area (Å²) in [5.74, 6) is -0.223. The van der Waals surface area contributed by atoms with Gasteiger partial charge in [0.15, 0.2) is 0 Å². The Morgan fingerprint density at radius 3 is 2.63 bits per heavy atom. The van der Waals surface area contributed by atoms with Gasteiger partial charge in [-0.25, -0.2) is 9.59 Å². The summed E-state index contributed by atoms with van der Waals surface area (Å²) in [5, 5.41) is 0. The van der Waals surface area contributed by atoms with E-state index in [4.69, 9.17) is 9.47 Å². The van der Waals surface area contributed by atoms with Crippen LogP contribution < -0.4 is 0 Å². The Labute approximate surface area is 159 Å². The third-order valence-electron chi connectivity index (χ3n) is 4.45. The first-order chi connectivity index (χ1) is 13.2. The molecule has 1 aliphatic carbocycles. The van der Waals surface area contributed by atoms with Gasteiger partial charge in [0.25, 0.3) is 0 Å². The Bertz CT molecular complexity index is 825. The zero-order valence-corrected chi connectivity index (χ0v) is 15.4. The normalized spacial score (nSPS) is 13.5. The molecule has 140 valence electrons. The van der Waals surface area contributed by atoms with E-state index >= 15 is 0 Å². The van der Waals surface area contributed by atoms with Crippen molar-refractivity contribution in [2.75, 3.05) is 13.7 Å². The molecule has 3 rings (SSSR count). The fourth-order valence-electron chi connectivity index (χ4n) is 2.90. The van der Waals surface area contributed by atoms with Gasteiger partial charge in [-0.15, -0.1) is 0 Å². The minimum atomic E-state index is -0.346.